The van der Waals surface area contributed by atoms with E-state index in [2.05, 4.69) is 20.8 Å². The lowest BCUT2D eigenvalue weighted by Crippen LogP contribution is -2.32. The number of alkyl halides is 3. The summed E-state index contributed by atoms with van der Waals surface area (Å²) < 4.78 is 44.9. The van der Waals surface area contributed by atoms with Gasteiger partial charge in [-0.2, -0.15) is 13.2 Å². The molecule has 3 rings (SSSR count). The first-order valence-corrected chi connectivity index (χ1v) is 10.5. The fourth-order valence-electron chi connectivity index (χ4n) is 2.62. The Morgan fingerprint density at radius 2 is 2.07 bits per heavy atom. The average molecular weight is 446 g/mol. The van der Waals surface area contributed by atoms with Gasteiger partial charge in [-0.05, 0) is 25.0 Å². The van der Waals surface area contributed by atoms with Crippen molar-refractivity contribution in [3.63, 3.8) is 0 Å². The molecule has 7 nitrogen and oxygen atoms in total. The third-order valence-corrected chi connectivity index (χ3v) is 5.95. The molecule has 29 heavy (non-hydrogen) atoms. The van der Waals surface area contributed by atoms with Gasteiger partial charge < -0.3 is 10.1 Å². The maximum atomic E-state index is 13.0. The lowest BCUT2D eigenvalue weighted by atomic mass is 10.1. The summed E-state index contributed by atoms with van der Waals surface area (Å²) >= 11 is 2.10. The molecule has 1 fully saturated rings. The highest BCUT2D eigenvalue weighted by molar-refractivity contribution is 8.01. The van der Waals surface area contributed by atoms with E-state index in [1.54, 1.807) is 0 Å². The van der Waals surface area contributed by atoms with Gasteiger partial charge in [-0.1, -0.05) is 35.2 Å². The molecule has 1 saturated heterocycles. The van der Waals surface area contributed by atoms with E-state index in [0.29, 0.717) is 17.5 Å². The molecule has 0 unspecified atom stereocenters. The van der Waals surface area contributed by atoms with Gasteiger partial charge in [0.05, 0.1) is 23.0 Å². The van der Waals surface area contributed by atoms with Gasteiger partial charge in [-0.15, -0.1) is 10.2 Å². The molecule has 1 aliphatic rings. The number of carbonyl (C=O) groups excluding carboxylic acids is 2. The molecule has 1 aromatic carbocycles. The normalized spacial score (nSPS) is 16.6. The molecule has 1 aliphatic heterocycles. The molecule has 2 amide bonds. The number of ether oxygens (including phenoxy) is 1. The molecule has 2 heterocycles. The summed E-state index contributed by atoms with van der Waals surface area (Å²) in [6.07, 6.45) is -2.69. The summed E-state index contributed by atoms with van der Waals surface area (Å²) in [4.78, 5) is 24.1. The first-order valence-electron chi connectivity index (χ1n) is 8.65. The van der Waals surface area contributed by atoms with E-state index >= 15 is 0 Å². The minimum Gasteiger partial charge on any atom is -0.376 e. The fraction of sp³-hybridized carbons (Fsp3) is 0.412. The number of nitrogens with one attached hydrogen (secondary N) is 2. The summed E-state index contributed by atoms with van der Waals surface area (Å²) in [6.45, 7) is 1.16. The number of hydrogen-bond donors (Lipinski definition) is 2. The van der Waals surface area contributed by atoms with Crippen LogP contribution >= 0.6 is 23.1 Å². The van der Waals surface area contributed by atoms with Crippen LogP contribution in [0.5, 0.6) is 0 Å². The molecule has 2 N–H and O–H groups in total. The first kappa shape index (κ1) is 21.5. The zero-order chi connectivity index (χ0) is 20.9. The monoisotopic (exact) mass is 446 g/mol. The fourth-order valence-corrected chi connectivity index (χ4v) is 4.20. The summed E-state index contributed by atoms with van der Waals surface area (Å²) in [5.41, 5.74) is -1.53. The second kappa shape index (κ2) is 9.55. The number of nitrogens with zero attached hydrogens (tertiary/aromatic N) is 2. The van der Waals surface area contributed by atoms with Crippen molar-refractivity contribution in [3.8, 4) is 0 Å². The highest BCUT2D eigenvalue weighted by atomic mass is 32.2. The van der Waals surface area contributed by atoms with Crippen LogP contribution in [0.25, 0.3) is 0 Å². The minimum atomic E-state index is -4.65. The van der Waals surface area contributed by atoms with Gasteiger partial charge >= 0.3 is 6.18 Å². The number of aromatic nitrogens is 2. The topological polar surface area (TPSA) is 93.2 Å². The second-order valence-electron chi connectivity index (χ2n) is 6.10. The smallest absolute Gasteiger partial charge is 0.376 e. The third-order valence-electron chi connectivity index (χ3n) is 3.98. The van der Waals surface area contributed by atoms with Gasteiger partial charge in [-0.25, -0.2) is 0 Å². The maximum Gasteiger partial charge on any atom is 0.417 e. The van der Waals surface area contributed by atoms with Gasteiger partial charge in [0.1, 0.15) is 0 Å². The van der Waals surface area contributed by atoms with Crippen LogP contribution in [-0.2, 0) is 15.7 Å². The Labute approximate surface area is 172 Å². The number of benzene rings is 1. The Morgan fingerprint density at radius 1 is 1.28 bits per heavy atom. The van der Waals surface area contributed by atoms with E-state index in [4.69, 9.17) is 4.74 Å². The minimum absolute atomic E-state index is 0.0480. The summed E-state index contributed by atoms with van der Waals surface area (Å²) in [5, 5.41) is 12.7. The molecule has 156 valence electrons. The predicted molar refractivity (Wildman–Crippen MR) is 102 cm³/mol. The van der Waals surface area contributed by atoms with Gasteiger partial charge in [0.2, 0.25) is 11.0 Å². The lowest BCUT2D eigenvalue weighted by Gasteiger charge is -2.11. The molecular weight excluding hydrogens is 429 g/mol. The van der Waals surface area contributed by atoms with E-state index in [1.165, 1.54) is 12.1 Å². The van der Waals surface area contributed by atoms with Gasteiger partial charge in [0.15, 0.2) is 4.34 Å². The highest BCUT2D eigenvalue weighted by Crippen LogP contribution is 2.32. The van der Waals surface area contributed by atoms with Crippen LogP contribution in [0.3, 0.4) is 0 Å². The van der Waals surface area contributed by atoms with Crippen molar-refractivity contribution < 1.29 is 27.5 Å². The van der Waals surface area contributed by atoms with Crippen molar-refractivity contribution in [1.29, 1.82) is 0 Å². The lowest BCUT2D eigenvalue weighted by molar-refractivity contribution is -0.137. The summed E-state index contributed by atoms with van der Waals surface area (Å²) in [6, 6.07) is 4.49. The van der Waals surface area contributed by atoms with Gasteiger partial charge in [0.25, 0.3) is 5.91 Å². The van der Waals surface area contributed by atoms with Crippen molar-refractivity contribution >= 4 is 40.0 Å². The number of thioether (sulfide) groups is 1. The van der Waals surface area contributed by atoms with Crippen LogP contribution in [0.4, 0.5) is 18.3 Å². The summed E-state index contributed by atoms with van der Waals surface area (Å²) in [5.74, 6) is -1.02. The molecule has 0 saturated carbocycles. The molecule has 12 heteroatoms. The Morgan fingerprint density at radius 3 is 2.79 bits per heavy atom. The zero-order valence-corrected chi connectivity index (χ0v) is 16.6. The van der Waals surface area contributed by atoms with E-state index < -0.39 is 23.2 Å². The van der Waals surface area contributed by atoms with Crippen LogP contribution in [0.2, 0.25) is 0 Å². The molecule has 0 radical (unpaired) electrons. The Balaban J connectivity index is 1.51. The van der Waals surface area contributed by atoms with Gasteiger partial charge in [0, 0.05) is 13.2 Å². The molecule has 0 aliphatic carbocycles. The van der Waals surface area contributed by atoms with Crippen LogP contribution < -0.4 is 10.6 Å². The van der Waals surface area contributed by atoms with Crippen molar-refractivity contribution in [2.24, 2.45) is 0 Å². The number of amides is 2. The second-order valence-corrected chi connectivity index (χ2v) is 8.30. The van der Waals surface area contributed by atoms with Crippen LogP contribution in [0.15, 0.2) is 28.6 Å². The molecular formula is C17H17F3N4O3S2. The van der Waals surface area contributed by atoms with E-state index in [9.17, 15) is 22.8 Å². The maximum absolute atomic E-state index is 13.0. The Hall–Kier alpha value is -2.18. The Bertz CT molecular complexity index is 870. The number of carbonyl (C=O) groups is 2. The molecule has 1 atom stereocenters. The summed E-state index contributed by atoms with van der Waals surface area (Å²) in [7, 11) is 0. The van der Waals surface area contributed by atoms with Crippen molar-refractivity contribution in [2.45, 2.75) is 29.5 Å². The first-order chi connectivity index (χ1) is 13.8. The number of anilines is 1. The third kappa shape index (κ3) is 6.15. The highest BCUT2D eigenvalue weighted by Gasteiger charge is 2.35. The van der Waals surface area contributed by atoms with E-state index in [1.807, 2.05) is 0 Å². The van der Waals surface area contributed by atoms with Gasteiger partial charge in [-0.3, -0.25) is 14.9 Å². The molecule has 0 spiro atoms. The quantitative estimate of drug-likeness (QED) is 0.501. The Kier molecular flexibility index (Phi) is 7.09. The average Bonchev–Trinajstić information content (AvgIpc) is 3.36. The van der Waals surface area contributed by atoms with Crippen molar-refractivity contribution in [3.05, 3.63) is 35.4 Å². The largest absolute Gasteiger partial charge is 0.417 e. The van der Waals surface area contributed by atoms with Crippen LogP contribution in [-0.4, -0.2) is 47.0 Å². The number of rotatable bonds is 7. The molecule has 2 aromatic rings. The standard InChI is InChI=1S/C17H17F3N4O3S2/c18-17(19,20)12-6-2-1-5-11(12)14(26)22-15-23-24-16(29-15)28-9-13(25)21-8-10-4-3-7-27-10/h1-2,5-6,10H,3-4,7-9H2,(H,21,25)(H,22,23,26)/t10-/m0/s1. The van der Waals surface area contributed by atoms with Crippen molar-refractivity contribution in [1.82, 2.24) is 15.5 Å². The molecule has 1 aromatic heterocycles. The molecule has 0 bridgehead atoms. The number of halogens is 3. The van der Waals surface area contributed by atoms with Crippen LogP contribution in [0.1, 0.15) is 28.8 Å². The van der Waals surface area contributed by atoms with E-state index in [-0.39, 0.29) is 22.9 Å². The van der Waals surface area contributed by atoms with Crippen molar-refractivity contribution in [2.75, 3.05) is 24.2 Å². The SMILES string of the molecule is O=C(CSc1nnc(NC(=O)c2ccccc2C(F)(F)F)s1)NC[C@@H]1CCCO1. The number of hydrogen-bond acceptors (Lipinski definition) is 7. The van der Waals surface area contributed by atoms with Crippen LogP contribution in [0, 0.1) is 0 Å². The predicted octanol–water partition coefficient (Wildman–Crippen LogP) is 3.20. The zero-order valence-electron chi connectivity index (χ0n) is 15.0. The van der Waals surface area contributed by atoms with E-state index in [0.717, 1.165) is 48.1 Å².